The van der Waals surface area contributed by atoms with Gasteiger partial charge in [0.05, 0.1) is 44.1 Å². The number of benzene rings is 10. The molecule has 4 heterocycles. The van der Waals surface area contributed by atoms with Gasteiger partial charge in [0, 0.05) is 49.3 Å². The zero-order chi connectivity index (χ0) is 41.2. The highest BCUT2D eigenvalue weighted by Gasteiger charge is 2.25. The van der Waals surface area contributed by atoms with Gasteiger partial charge in [0.1, 0.15) is 5.69 Å². The smallest absolute Gasteiger partial charge is 0.165 e. The van der Waals surface area contributed by atoms with E-state index in [2.05, 4.69) is 226 Å². The van der Waals surface area contributed by atoms with Crippen LogP contribution in [0.1, 0.15) is 0 Å². The average molecular weight is 802 g/mol. The van der Waals surface area contributed by atoms with Crippen LogP contribution in [0, 0.1) is 0 Å². The Morgan fingerprint density at radius 3 is 1.70 bits per heavy atom. The quantitative estimate of drug-likeness (QED) is 0.178. The van der Waals surface area contributed by atoms with Crippen molar-refractivity contribution in [3.05, 3.63) is 212 Å². The molecule has 292 valence electrons. The first-order valence-electron chi connectivity index (χ1n) is 21.5. The Morgan fingerprint density at radius 1 is 0.286 bits per heavy atom. The molecule has 0 aliphatic rings. The van der Waals surface area contributed by atoms with Gasteiger partial charge in [-0.25, -0.2) is 9.97 Å². The zero-order valence-corrected chi connectivity index (χ0v) is 33.9. The van der Waals surface area contributed by atoms with Crippen LogP contribution in [-0.2, 0) is 0 Å². The van der Waals surface area contributed by atoms with Gasteiger partial charge in [-0.2, -0.15) is 0 Å². The van der Waals surface area contributed by atoms with E-state index in [0.29, 0.717) is 0 Å². The second-order valence-electron chi connectivity index (χ2n) is 16.6. The Balaban J connectivity index is 1.13. The number of para-hydroxylation sites is 5. The van der Waals surface area contributed by atoms with Crippen LogP contribution in [0.5, 0.6) is 0 Å². The second kappa shape index (κ2) is 13.0. The summed E-state index contributed by atoms with van der Waals surface area (Å²) in [5.41, 5.74) is 12.5. The molecule has 0 amide bonds. The summed E-state index contributed by atoms with van der Waals surface area (Å²) in [6.07, 6.45) is 0. The highest BCUT2D eigenvalue weighted by molar-refractivity contribution is 6.23. The number of fused-ring (bicyclic) bond motifs is 13. The molecule has 0 spiro atoms. The highest BCUT2D eigenvalue weighted by atomic mass is 15.1. The number of nitrogens with zero attached hydrogens (tertiary/aromatic N) is 5. The zero-order valence-electron chi connectivity index (χ0n) is 33.9. The molecule has 0 aliphatic carbocycles. The van der Waals surface area contributed by atoms with Crippen molar-refractivity contribution in [2.45, 2.75) is 0 Å². The maximum Gasteiger partial charge on any atom is 0.165 e. The Kier molecular flexibility index (Phi) is 7.05. The van der Waals surface area contributed by atoms with Crippen molar-refractivity contribution in [1.29, 1.82) is 0 Å². The highest BCUT2D eigenvalue weighted by Crippen LogP contribution is 2.44. The fraction of sp³-hybridized carbons (Fsp3) is 0. The van der Waals surface area contributed by atoms with E-state index < -0.39 is 0 Å². The molecule has 0 fully saturated rings. The van der Waals surface area contributed by atoms with Gasteiger partial charge in [0.2, 0.25) is 0 Å². The molecule has 0 radical (unpaired) electrons. The first kappa shape index (κ1) is 34.2. The maximum absolute atomic E-state index is 5.64. The molecular formula is C58H35N5. The van der Waals surface area contributed by atoms with Gasteiger partial charge in [-0.3, -0.25) is 4.57 Å². The van der Waals surface area contributed by atoms with E-state index in [1.807, 2.05) is 0 Å². The molecule has 0 atom stereocenters. The van der Waals surface area contributed by atoms with Crippen molar-refractivity contribution in [1.82, 2.24) is 23.7 Å². The van der Waals surface area contributed by atoms with Crippen molar-refractivity contribution in [2.24, 2.45) is 0 Å². The average Bonchev–Trinajstić information content (AvgIpc) is 3.98. The summed E-state index contributed by atoms with van der Waals surface area (Å²) in [5, 5.41) is 12.0. The minimum atomic E-state index is 0.790. The first-order valence-corrected chi connectivity index (χ1v) is 21.5. The molecule has 5 nitrogen and oxygen atoms in total. The largest absolute Gasteiger partial charge is 0.309 e. The van der Waals surface area contributed by atoms with Gasteiger partial charge in [0.25, 0.3) is 0 Å². The lowest BCUT2D eigenvalue weighted by atomic mass is 10.0. The number of hydrogen-bond acceptors (Lipinski definition) is 2. The summed E-state index contributed by atoms with van der Waals surface area (Å²) in [7, 11) is 0. The number of aromatic nitrogens is 5. The molecule has 0 unspecified atom stereocenters. The molecule has 0 bridgehead atoms. The molecule has 14 aromatic rings. The van der Waals surface area contributed by atoms with Crippen LogP contribution in [0.2, 0.25) is 0 Å². The summed E-state index contributed by atoms with van der Waals surface area (Å²) < 4.78 is 7.19. The fourth-order valence-electron chi connectivity index (χ4n) is 10.5. The molecule has 4 aromatic heterocycles. The molecule has 0 N–H and O–H groups in total. The lowest BCUT2D eigenvalue weighted by Gasteiger charge is -2.16. The van der Waals surface area contributed by atoms with E-state index >= 15 is 0 Å². The summed E-state index contributed by atoms with van der Waals surface area (Å²) in [5.74, 6) is 0.790. The Bertz CT molecular complexity index is 4210. The van der Waals surface area contributed by atoms with Gasteiger partial charge >= 0.3 is 0 Å². The Morgan fingerprint density at radius 2 is 0.873 bits per heavy atom. The van der Waals surface area contributed by atoms with E-state index in [1.54, 1.807) is 0 Å². The normalized spacial score (nSPS) is 12.1. The van der Waals surface area contributed by atoms with Crippen LogP contribution in [0.25, 0.3) is 126 Å². The molecule has 0 saturated heterocycles. The van der Waals surface area contributed by atoms with E-state index in [1.165, 1.54) is 54.1 Å². The standard InChI is InChI=1S/C58H35N5/c1-2-18-39(19-3-1)61-50-27-13-9-22-43(50)56-45(23-14-28-51(56)61)57-58(60-48-25-11-10-24-47(48)59-57)63-52-32-29-36-15-6-7-20-41(36)55(52)44-31-30-40(35-54(44)63)62-49-26-12-8-21-42(49)46-33-37-16-4-5-17-38(37)34-53(46)62/h1-35H. The third-order valence-corrected chi connectivity index (χ3v) is 13.2. The van der Waals surface area contributed by atoms with E-state index in [-0.39, 0.29) is 0 Å². The van der Waals surface area contributed by atoms with Gasteiger partial charge in [0.15, 0.2) is 5.82 Å². The summed E-state index contributed by atoms with van der Waals surface area (Å²) in [6.45, 7) is 0. The van der Waals surface area contributed by atoms with Crippen molar-refractivity contribution < 1.29 is 0 Å². The monoisotopic (exact) mass is 801 g/mol. The maximum atomic E-state index is 5.64. The minimum absolute atomic E-state index is 0.790. The number of rotatable bonds is 4. The topological polar surface area (TPSA) is 40.6 Å². The Hall–Kier alpha value is -8.54. The molecule has 63 heavy (non-hydrogen) atoms. The van der Waals surface area contributed by atoms with Gasteiger partial charge in [-0.05, 0) is 94.3 Å². The lowest BCUT2D eigenvalue weighted by Crippen LogP contribution is -2.04. The molecule has 0 aliphatic heterocycles. The van der Waals surface area contributed by atoms with E-state index in [9.17, 15) is 0 Å². The molecule has 0 saturated carbocycles. The van der Waals surface area contributed by atoms with Crippen molar-refractivity contribution in [2.75, 3.05) is 0 Å². The molecule has 10 aromatic carbocycles. The minimum Gasteiger partial charge on any atom is -0.309 e. The van der Waals surface area contributed by atoms with Crippen LogP contribution in [-0.4, -0.2) is 23.7 Å². The summed E-state index contributed by atoms with van der Waals surface area (Å²) in [4.78, 5) is 11.2. The lowest BCUT2D eigenvalue weighted by molar-refractivity contribution is 1.08. The SMILES string of the molecule is c1ccc(-n2c3ccccc3c3c(-c4nc5ccccc5nc4-n4c5cc(-n6c7ccccc7c7cc8ccccc8cc76)ccc5c5c6ccccc6ccc54)cccc32)cc1. The summed E-state index contributed by atoms with van der Waals surface area (Å²) >= 11 is 0. The predicted octanol–water partition coefficient (Wildman–Crippen LogP) is 14.9. The van der Waals surface area contributed by atoms with Crippen LogP contribution >= 0.6 is 0 Å². The Labute approximate surface area is 360 Å². The fourth-order valence-corrected chi connectivity index (χ4v) is 10.5. The van der Waals surface area contributed by atoms with Crippen LogP contribution < -0.4 is 0 Å². The van der Waals surface area contributed by atoms with Crippen LogP contribution in [0.4, 0.5) is 0 Å². The third kappa shape index (κ3) is 4.87. The predicted molar refractivity (Wildman–Crippen MR) is 263 cm³/mol. The number of hydrogen-bond donors (Lipinski definition) is 0. The van der Waals surface area contributed by atoms with Gasteiger partial charge in [-0.15, -0.1) is 0 Å². The molecular weight excluding hydrogens is 767 g/mol. The van der Waals surface area contributed by atoms with Crippen molar-refractivity contribution in [3.63, 3.8) is 0 Å². The first-order chi connectivity index (χ1) is 31.3. The van der Waals surface area contributed by atoms with Gasteiger partial charge < -0.3 is 9.13 Å². The summed E-state index contributed by atoms with van der Waals surface area (Å²) in [6, 6.07) is 76.6. The second-order valence-corrected chi connectivity index (χ2v) is 16.6. The van der Waals surface area contributed by atoms with E-state index in [4.69, 9.17) is 9.97 Å². The van der Waals surface area contributed by atoms with Gasteiger partial charge in [-0.1, -0.05) is 140 Å². The van der Waals surface area contributed by atoms with E-state index in [0.717, 1.165) is 72.3 Å². The van der Waals surface area contributed by atoms with Crippen LogP contribution in [0.15, 0.2) is 212 Å². The van der Waals surface area contributed by atoms with Crippen LogP contribution in [0.3, 0.4) is 0 Å². The molecule has 14 rings (SSSR count). The van der Waals surface area contributed by atoms with Crippen molar-refractivity contribution >= 4 is 98.0 Å². The third-order valence-electron chi connectivity index (χ3n) is 13.2. The molecule has 5 heteroatoms. The van der Waals surface area contributed by atoms with Crippen molar-refractivity contribution in [3.8, 4) is 28.5 Å².